The number of methoxy groups -OCH3 is 1. The highest BCUT2D eigenvalue weighted by molar-refractivity contribution is 5.18. The molecule has 1 saturated heterocycles. The molecule has 0 aliphatic carbocycles. The SMILES string of the molecule is CNC(Cc1ccc(F)cc1)C1(OC)CCOCC1. The van der Waals surface area contributed by atoms with Gasteiger partial charge in [0.15, 0.2) is 0 Å². The number of hydrogen-bond acceptors (Lipinski definition) is 3. The maximum absolute atomic E-state index is 12.9. The molecule has 106 valence electrons. The molecular formula is C15H22FNO2. The molecule has 4 heteroatoms. The van der Waals surface area contributed by atoms with Crippen LogP contribution in [0.25, 0.3) is 0 Å². The van der Waals surface area contributed by atoms with Crippen LogP contribution < -0.4 is 5.32 Å². The van der Waals surface area contributed by atoms with Gasteiger partial charge < -0.3 is 14.8 Å². The molecule has 3 nitrogen and oxygen atoms in total. The van der Waals surface area contributed by atoms with Crippen LogP contribution in [0.15, 0.2) is 24.3 Å². The number of benzene rings is 1. The number of ether oxygens (including phenoxy) is 2. The first-order valence-corrected chi connectivity index (χ1v) is 6.75. The van der Waals surface area contributed by atoms with E-state index in [1.807, 2.05) is 19.2 Å². The summed E-state index contributed by atoms with van der Waals surface area (Å²) in [6.07, 6.45) is 2.59. The molecule has 0 spiro atoms. The minimum absolute atomic E-state index is 0.193. The Labute approximate surface area is 114 Å². The van der Waals surface area contributed by atoms with Crippen molar-refractivity contribution in [1.29, 1.82) is 0 Å². The van der Waals surface area contributed by atoms with Crippen LogP contribution in [-0.4, -0.2) is 39.0 Å². The Morgan fingerprint density at radius 1 is 1.32 bits per heavy atom. The van der Waals surface area contributed by atoms with Crippen LogP contribution in [0.4, 0.5) is 4.39 Å². The van der Waals surface area contributed by atoms with Crippen molar-refractivity contribution in [3.63, 3.8) is 0 Å². The van der Waals surface area contributed by atoms with Gasteiger partial charge in [0.2, 0.25) is 0 Å². The summed E-state index contributed by atoms with van der Waals surface area (Å²) in [6, 6.07) is 6.88. The van der Waals surface area contributed by atoms with Gasteiger partial charge in [0.25, 0.3) is 0 Å². The third-order valence-electron chi connectivity index (χ3n) is 4.08. The van der Waals surface area contributed by atoms with Crippen molar-refractivity contribution in [3.05, 3.63) is 35.6 Å². The van der Waals surface area contributed by atoms with Crippen molar-refractivity contribution < 1.29 is 13.9 Å². The summed E-state index contributed by atoms with van der Waals surface area (Å²) in [5.41, 5.74) is 0.921. The zero-order valence-corrected chi connectivity index (χ0v) is 11.6. The average Bonchev–Trinajstić information content (AvgIpc) is 2.47. The van der Waals surface area contributed by atoms with Gasteiger partial charge in [-0.1, -0.05) is 12.1 Å². The molecule has 1 aromatic carbocycles. The number of rotatable bonds is 5. The van der Waals surface area contributed by atoms with E-state index in [1.54, 1.807) is 7.11 Å². The molecule has 1 aliphatic rings. The van der Waals surface area contributed by atoms with Crippen LogP contribution in [0, 0.1) is 5.82 Å². The molecule has 1 fully saturated rings. The van der Waals surface area contributed by atoms with Gasteiger partial charge in [-0.2, -0.15) is 0 Å². The summed E-state index contributed by atoms with van der Waals surface area (Å²) in [4.78, 5) is 0. The van der Waals surface area contributed by atoms with E-state index in [9.17, 15) is 4.39 Å². The van der Waals surface area contributed by atoms with Crippen molar-refractivity contribution in [2.45, 2.75) is 30.9 Å². The Kier molecular flexibility index (Phi) is 4.91. The predicted molar refractivity (Wildman–Crippen MR) is 72.7 cm³/mol. The van der Waals surface area contributed by atoms with Gasteiger partial charge >= 0.3 is 0 Å². The van der Waals surface area contributed by atoms with Crippen LogP contribution >= 0.6 is 0 Å². The molecule has 1 N–H and O–H groups in total. The Balaban J connectivity index is 2.11. The summed E-state index contributed by atoms with van der Waals surface area (Å²) in [7, 11) is 3.71. The summed E-state index contributed by atoms with van der Waals surface area (Å²) < 4.78 is 24.2. The molecule has 0 radical (unpaired) electrons. The molecular weight excluding hydrogens is 245 g/mol. The Bertz CT molecular complexity index is 388. The van der Waals surface area contributed by atoms with Gasteiger partial charge in [-0.3, -0.25) is 0 Å². The largest absolute Gasteiger partial charge is 0.381 e. The van der Waals surface area contributed by atoms with Gasteiger partial charge in [-0.25, -0.2) is 4.39 Å². The smallest absolute Gasteiger partial charge is 0.123 e. The standard InChI is InChI=1S/C15H22FNO2/c1-17-14(11-12-3-5-13(16)6-4-12)15(18-2)7-9-19-10-8-15/h3-6,14,17H,7-11H2,1-2H3. The van der Waals surface area contributed by atoms with Crippen molar-refractivity contribution in [1.82, 2.24) is 5.32 Å². The molecule has 1 aromatic rings. The lowest BCUT2D eigenvalue weighted by atomic mass is 9.82. The molecule has 0 bridgehead atoms. The van der Waals surface area contributed by atoms with E-state index in [0.29, 0.717) is 0 Å². The minimum atomic E-state index is -0.197. The number of nitrogens with one attached hydrogen (secondary N) is 1. The predicted octanol–water partition coefficient (Wildman–Crippen LogP) is 2.15. The molecule has 0 amide bonds. The van der Waals surface area contributed by atoms with E-state index >= 15 is 0 Å². The molecule has 1 unspecified atom stereocenters. The van der Waals surface area contributed by atoms with E-state index < -0.39 is 0 Å². The number of hydrogen-bond donors (Lipinski definition) is 1. The lowest BCUT2D eigenvalue weighted by molar-refractivity contribution is -0.109. The van der Waals surface area contributed by atoms with Crippen LogP contribution in [0.1, 0.15) is 18.4 Å². The molecule has 1 heterocycles. The Morgan fingerprint density at radius 3 is 2.47 bits per heavy atom. The van der Waals surface area contributed by atoms with E-state index in [-0.39, 0.29) is 17.5 Å². The fraction of sp³-hybridized carbons (Fsp3) is 0.600. The van der Waals surface area contributed by atoms with Crippen molar-refractivity contribution >= 4 is 0 Å². The summed E-state index contributed by atoms with van der Waals surface area (Å²) in [5.74, 6) is -0.197. The van der Waals surface area contributed by atoms with Gasteiger partial charge in [0, 0.05) is 39.2 Å². The van der Waals surface area contributed by atoms with Crippen LogP contribution in [0.3, 0.4) is 0 Å². The van der Waals surface area contributed by atoms with Gasteiger partial charge in [-0.15, -0.1) is 0 Å². The Morgan fingerprint density at radius 2 is 1.95 bits per heavy atom. The van der Waals surface area contributed by atoms with Crippen molar-refractivity contribution in [3.8, 4) is 0 Å². The maximum Gasteiger partial charge on any atom is 0.123 e. The zero-order valence-electron chi connectivity index (χ0n) is 11.6. The van der Waals surface area contributed by atoms with Crippen LogP contribution in [0.2, 0.25) is 0 Å². The monoisotopic (exact) mass is 267 g/mol. The highest BCUT2D eigenvalue weighted by Crippen LogP contribution is 2.30. The van der Waals surface area contributed by atoms with Crippen molar-refractivity contribution in [2.75, 3.05) is 27.4 Å². The topological polar surface area (TPSA) is 30.5 Å². The minimum Gasteiger partial charge on any atom is -0.381 e. The average molecular weight is 267 g/mol. The lowest BCUT2D eigenvalue weighted by Gasteiger charge is -2.42. The van der Waals surface area contributed by atoms with E-state index in [0.717, 1.165) is 38.0 Å². The first-order chi connectivity index (χ1) is 9.20. The second-order valence-electron chi connectivity index (χ2n) is 5.05. The molecule has 0 saturated carbocycles. The van der Waals surface area contributed by atoms with Crippen LogP contribution in [-0.2, 0) is 15.9 Å². The third kappa shape index (κ3) is 3.32. The fourth-order valence-electron chi connectivity index (χ4n) is 2.82. The molecule has 1 aliphatic heterocycles. The zero-order chi connectivity index (χ0) is 13.7. The van der Waals surface area contributed by atoms with E-state index in [4.69, 9.17) is 9.47 Å². The van der Waals surface area contributed by atoms with Crippen LogP contribution in [0.5, 0.6) is 0 Å². The maximum atomic E-state index is 12.9. The van der Waals surface area contributed by atoms with Gasteiger partial charge in [0.05, 0.1) is 5.60 Å². The Hall–Kier alpha value is -0.970. The number of likely N-dealkylation sites (N-methyl/N-ethyl adjacent to an activating group) is 1. The lowest BCUT2D eigenvalue weighted by Crippen LogP contribution is -2.55. The van der Waals surface area contributed by atoms with E-state index in [2.05, 4.69) is 5.32 Å². The summed E-state index contributed by atoms with van der Waals surface area (Å²) in [6.45, 7) is 1.46. The van der Waals surface area contributed by atoms with Crippen molar-refractivity contribution in [2.24, 2.45) is 0 Å². The molecule has 0 aromatic heterocycles. The summed E-state index contributed by atoms with van der Waals surface area (Å²) in [5, 5.41) is 3.35. The second-order valence-corrected chi connectivity index (χ2v) is 5.05. The number of halogens is 1. The first kappa shape index (κ1) is 14.4. The fourth-order valence-corrected chi connectivity index (χ4v) is 2.82. The third-order valence-corrected chi connectivity index (χ3v) is 4.08. The molecule has 1 atom stereocenters. The normalized spacial score (nSPS) is 20.2. The highest BCUT2D eigenvalue weighted by atomic mass is 19.1. The molecule has 19 heavy (non-hydrogen) atoms. The van der Waals surface area contributed by atoms with Gasteiger partial charge in [-0.05, 0) is 31.2 Å². The highest BCUT2D eigenvalue weighted by Gasteiger charge is 2.39. The molecule has 2 rings (SSSR count). The van der Waals surface area contributed by atoms with Gasteiger partial charge in [0.1, 0.15) is 5.82 Å². The summed E-state index contributed by atoms with van der Waals surface area (Å²) >= 11 is 0. The van der Waals surface area contributed by atoms with E-state index in [1.165, 1.54) is 12.1 Å². The quantitative estimate of drug-likeness (QED) is 0.886. The second kappa shape index (κ2) is 6.46. The first-order valence-electron chi connectivity index (χ1n) is 6.75.